The Morgan fingerprint density at radius 3 is 2.36 bits per heavy atom. The molecule has 0 spiro atoms. The van der Waals surface area contributed by atoms with E-state index < -0.39 is 8.32 Å². The standard InChI is InChI=1S/C12H20OSi/c1-5-8-11-9-6-7-10-12(11)13-14(2,3)4/h6-7,9-10H,5,8H2,1-4H3. The van der Waals surface area contributed by atoms with Gasteiger partial charge >= 0.3 is 0 Å². The van der Waals surface area contributed by atoms with E-state index in [0.717, 1.165) is 12.2 Å². The molecule has 0 atom stereocenters. The molecule has 0 unspecified atom stereocenters. The summed E-state index contributed by atoms with van der Waals surface area (Å²) in [7, 11) is -1.46. The number of hydrogen-bond acceptors (Lipinski definition) is 1. The first-order valence-electron chi connectivity index (χ1n) is 5.30. The SMILES string of the molecule is CCCc1ccccc1O[Si](C)(C)C. The lowest BCUT2D eigenvalue weighted by molar-refractivity contribution is 0.548. The van der Waals surface area contributed by atoms with Crippen molar-refractivity contribution in [2.45, 2.75) is 39.4 Å². The van der Waals surface area contributed by atoms with Crippen molar-refractivity contribution in [1.82, 2.24) is 0 Å². The van der Waals surface area contributed by atoms with Crippen LogP contribution in [0.5, 0.6) is 5.75 Å². The van der Waals surface area contributed by atoms with Crippen molar-refractivity contribution in [2.24, 2.45) is 0 Å². The van der Waals surface area contributed by atoms with Gasteiger partial charge < -0.3 is 4.43 Å². The lowest BCUT2D eigenvalue weighted by atomic mass is 10.1. The molecule has 0 heterocycles. The van der Waals surface area contributed by atoms with Gasteiger partial charge in [-0.15, -0.1) is 0 Å². The third kappa shape index (κ3) is 3.54. The highest BCUT2D eigenvalue weighted by molar-refractivity contribution is 6.70. The average Bonchev–Trinajstić information content (AvgIpc) is 2.06. The quantitative estimate of drug-likeness (QED) is 0.683. The summed E-state index contributed by atoms with van der Waals surface area (Å²) in [5.41, 5.74) is 1.34. The molecule has 0 radical (unpaired) electrons. The van der Waals surface area contributed by atoms with Gasteiger partial charge in [0.1, 0.15) is 5.75 Å². The van der Waals surface area contributed by atoms with E-state index in [1.54, 1.807) is 0 Å². The van der Waals surface area contributed by atoms with Gasteiger partial charge in [-0.3, -0.25) is 0 Å². The van der Waals surface area contributed by atoms with Crippen LogP contribution in [0.4, 0.5) is 0 Å². The molecule has 1 aromatic rings. The molecular weight excluding hydrogens is 188 g/mol. The maximum Gasteiger partial charge on any atom is 0.242 e. The molecule has 1 nitrogen and oxygen atoms in total. The van der Waals surface area contributed by atoms with E-state index in [9.17, 15) is 0 Å². The van der Waals surface area contributed by atoms with E-state index in [2.05, 4.69) is 50.8 Å². The smallest absolute Gasteiger partial charge is 0.242 e. The second-order valence-corrected chi connectivity index (χ2v) is 9.00. The number of benzene rings is 1. The lowest BCUT2D eigenvalue weighted by Crippen LogP contribution is -2.29. The highest BCUT2D eigenvalue weighted by Crippen LogP contribution is 2.22. The first-order valence-corrected chi connectivity index (χ1v) is 8.70. The van der Waals surface area contributed by atoms with Crippen molar-refractivity contribution >= 4 is 8.32 Å². The monoisotopic (exact) mass is 208 g/mol. The Kier molecular flexibility index (Phi) is 3.75. The minimum atomic E-state index is -1.46. The van der Waals surface area contributed by atoms with E-state index in [1.165, 1.54) is 12.0 Å². The van der Waals surface area contributed by atoms with Gasteiger partial charge in [0.05, 0.1) is 0 Å². The highest BCUT2D eigenvalue weighted by Gasteiger charge is 2.17. The molecule has 0 aliphatic carbocycles. The van der Waals surface area contributed by atoms with Crippen molar-refractivity contribution in [3.05, 3.63) is 29.8 Å². The van der Waals surface area contributed by atoms with Crippen LogP contribution in [0, 0.1) is 0 Å². The van der Waals surface area contributed by atoms with Gasteiger partial charge in [0.2, 0.25) is 8.32 Å². The topological polar surface area (TPSA) is 9.23 Å². The molecule has 0 N–H and O–H groups in total. The number of para-hydroxylation sites is 1. The zero-order valence-electron chi connectivity index (χ0n) is 9.63. The highest BCUT2D eigenvalue weighted by atomic mass is 28.4. The molecule has 0 fully saturated rings. The van der Waals surface area contributed by atoms with Crippen LogP contribution in [-0.4, -0.2) is 8.32 Å². The van der Waals surface area contributed by atoms with Crippen LogP contribution in [0.1, 0.15) is 18.9 Å². The third-order valence-corrected chi connectivity index (χ3v) is 2.74. The molecule has 2 heteroatoms. The summed E-state index contributed by atoms with van der Waals surface area (Å²) in [6.07, 6.45) is 2.28. The Bertz CT molecular complexity index is 289. The minimum Gasteiger partial charge on any atom is -0.544 e. The van der Waals surface area contributed by atoms with Gasteiger partial charge in [-0.05, 0) is 37.7 Å². The van der Waals surface area contributed by atoms with E-state index in [1.807, 2.05) is 0 Å². The van der Waals surface area contributed by atoms with E-state index in [0.29, 0.717) is 0 Å². The Labute approximate surface area is 88.2 Å². The fraction of sp³-hybridized carbons (Fsp3) is 0.500. The first kappa shape index (κ1) is 11.3. The fourth-order valence-electron chi connectivity index (χ4n) is 1.41. The summed E-state index contributed by atoms with van der Waals surface area (Å²) in [5.74, 6) is 1.09. The van der Waals surface area contributed by atoms with Gasteiger partial charge in [-0.2, -0.15) is 0 Å². The lowest BCUT2D eigenvalue weighted by Gasteiger charge is -2.21. The molecule has 14 heavy (non-hydrogen) atoms. The number of rotatable bonds is 4. The van der Waals surface area contributed by atoms with Crippen molar-refractivity contribution in [1.29, 1.82) is 0 Å². The van der Waals surface area contributed by atoms with Crippen LogP contribution in [0.2, 0.25) is 19.6 Å². The molecule has 78 valence electrons. The minimum absolute atomic E-state index is 1.09. The van der Waals surface area contributed by atoms with Crippen LogP contribution in [0.3, 0.4) is 0 Å². The summed E-state index contributed by atoms with van der Waals surface area (Å²) in [6, 6.07) is 8.39. The number of hydrogen-bond donors (Lipinski definition) is 0. The Hall–Kier alpha value is -0.763. The largest absolute Gasteiger partial charge is 0.544 e. The van der Waals surface area contributed by atoms with Crippen LogP contribution < -0.4 is 4.43 Å². The fourth-order valence-corrected chi connectivity index (χ4v) is 2.27. The van der Waals surface area contributed by atoms with Gasteiger partial charge in [-0.25, -0.2) is 0 Å². The molecular formula is C12H20OSi. The van der Waals surface area contributed by atoms with Crippen LogP contribution in [0.15, 0.2) is 24.3 Å². The van der Waals surface area contributed by atoms with Crippen molar-refractivity contribution in [2.75, 3.05) is 0 Å². The Balaban J connectivity index is 2.84. The normalized spacial score (nSPS) is 11.4. The summed E-state index contributed by atoms with van der Waals surface area (Å²) in [5, 5.41) is 0. The molecule has 0 saturated carbocycles. The predicted octanol–water partition coefficient (Wildman–Crippen LogP) is 3.85. The summed E-state index contributed by atoms with van der Waals surface area (Å²) in [4.78, 5) is 0. The molecule has 1 aromatic carbocycles. The zero-order valence-corrected chi connectivity index (χ0v) is 10.6. The zero-order chi connectivity index (χ0) is 10.6. The Morgan fingerprint density at radius 2 is 1.79 bits per heavy atom. The molecule has 1 rings (SSSR count). The maximum absolute atomic E-state index is 6.02. The van der Waals surface area contributed by atoms with E-state index in [4.69, 9.17) is 4.43 Å². The molecule has 0 aliphatic rings. The van der Waals surface area contributed by atoms with Crippen molar-refractivity contribution in [3.8, 4) is 5.75 Å². The number of aryl methyl sites for hydroxylation is 1. The molecule has 0 aromatic heterocycles. The van der Waals surface area contributed by atoms with Crippen molar-refractivity contribution < 1.29 is 4.43 Å². The summed E-state index contributed by atoms with van der Waals surface area (Å²) < 4.78 is 6.02. The van der Waals surface area contributed by atoms with Crippen LogP contribution in [0.25, 0.3) is 0 Å². The van der Waals surface area contributed by atoms with Gasteiger partial charge in [0.25, 0.3) is 0 Å². The predicted molar refractivity (Wildman–Crippen MR) is 64.4 cm³/mol. The maximum atomic E-state index is 6.02. The second-order valence-electron chi connectivity index (χ2n) is 4.57. The Morgan fingerprint density at radius 1 is 1.14 bits per heavy atom. The second kappa shape index (κ2) is 4.65. The summed E-state index contributed by atoms with van der Waals surface area (Å²) >= 11 is 0. The van der Waals surface area contributed by atoms with Crippen LogP contribution in [-0.2, 0) is 6.42 Å². The van der Waals surface area contributed by atoms with Gasteiger partial charge in [0.15, 0.2) is 0 Å². The molecule has 0 bridgehead atoms. The average molecular weight is 208 g/mol. The van der Waals surface area contributed by atoms with Crippen LogP contribution >= 0.6 is 0 Å². The van der Waals surface area contributed by atoms with E-state index in [-0.39, 0.29) is 0 Å². The molecule has 0 amide bonds. The first-order chi connectivity index (χ1) is 6.53. The molecule has 0 aliphatic heterocycles. The van der Waals surface area contributed by atoms with Crippen molar-refractivity contribution in [3.63, 3.8) is 0 Å². The third-order valence-electron chi connectivity index (χ3n) is 1.91. The van der Waals surface area contributed by atoms with Gasteiger partial charge in [0, 0.05) is 0 Å². The van der Waals surface area contributed by atoms with Gasteiger partial charge in [-0.1, -0.05) is 31.5 Å². The molecule has 0 saturated heterocycles. The summed E-state index contributed by atoms with van der Waals surface area (Å²) in [6.45, 7) is 8.85. The van der Waals surface area contributed by atoms with E-state index >= 15 is 0 Å².